The second-order valence-electron chi connectivity index (χ2n) is 6.77. The fraction of sp³-hybridized carbons (Fsp3) is 0.588. The number of nitrogens with zero attached hydrogens (tertiary/aromatic N) is 4. The van der Waals surface area contributed by atoms with Gasteiger partial charge < -0.3 is 5.32 Å². The van der Waals surface area contributed by atoms with Crippen LogP contribution in [0.15, 0.2) is 24.3 Å². The van der Waals surface area contributed by atoms with E-state index in [0.29, 0.717) is 12.6 Å². The predicted molar refractivity (Wildman–Crippen MR) is 84.2 cm³/mol. The topological polar surface area (TPSA) is 55.6 Å². The van der Waals surface area contributed by atoms with Gasteiger partial charge in [0.2, 0.25) is 0 Å². The van der Waals surface area contributed by atoms with Crippen LogP contribution in [0.2, 0.25) is 0 Å². The summed E-state index contributed by atoms with van der Waals surface area (Å²) in [5, 5.41) is 15.6. The van der Waals surface area contributed by atoms with Crippen molar-refractivity contribution in [3.05, 3.63) is 41.2 Å². The maximum atomic E-state index is 4.16. The highest BCUT2D eigenvalue weighted by Gasteiger charge is 2.25. The van der Waals surface area contributed by atoms with Gasteiger partial charge in [0.15, 0.2) is 5.82 Å². The summed E-state index contributed by atoms with van der Waals surface area (Å²) in [6.45, 7) is 3.89. The molecule has 2 aliphatic carbocycles. The molecule has 1 unspecified atom stereocenters. The Morgan fingerprint density at radius 2 is 2.14 bits per heavy atom. The molecule has 1 heterocycles. The van der Waals surface area contributed by atoms with Crippen molar-refractivity contribution in [1.82, 2.24) is 25.5 Å². The van der Waals surface area contributed by atoms with E-state index in [1.165, 1.54) is 36.8 Å². The molecule has 116 valence electrons. The Hall–Kier alpha value is -1.75. The van der Waals surface area contributed by atoms with E-state index in [9.17, 15) is 0 Å². The Bertz CT molecular complexity index is 642. The largest absolute Gasteiger partial charge is 0.303 e. The second kappa shape index (κ2) is 5.80. The first-order chi connectivity index (χ1) is 10.8. The lowest BCUT2D eigenvalue weighted by Gasteiger charge is -2.15. The molecule has 1 N–H and O–H groups in total. The Balaban J connectivity index is 1.38. The highest BCUT2D eigenvalue weighted by atomic mass is 15.5. The Labute approximate surface area is 131 Å². The predicted octanol–water partition coefficient (Wildman–Crippen LogP) is 2.81. The molecular weight excluding hydrogens is 274 g/mol. The molecule has 5 heteroatoms. The average molecular weight is 297 g/mol. The highest BCUT2D eigenvalue weighted by molar-refractivity contribution is 5.30. The van der Waals surface area contributed by atoms with Crippen LogP contribution in [-0.4, -0.2) is 20.2 Å². The molecule has 1 aromatic carbocycles. The Morgan fingerprint density at radius 1 is 1.27 bits per heavy atom. The zero-order valence-electron chi connectivity index (χ0n) is 13.1. The third-order valence-electron chi connectivity index (χ3n) is 4.76. The van der Waals surface area contributed by atoms with E-state index in [2.05, 4.69) is 52.0 Å². The number of hydrogen-bond acceptors (Lipinski definition) is 4. The number of rotatable bonds is 7. The van der Waals surface area contributed by atoms with E-state index in [4.69, 9.17) is 0 Å². The van der Waals surface area contributed by atoms with Gasteiger partial charge in [0, 0.05) is 12.6 Å². The van der Waals surface area contributed by atoms with Gasteiger partial charge in [-0.2, -0.15) is 0 Å². The van der Waals surface area contributed by atoms with E-state index in [0.717, 1.165) is 24.2 Å². The summed E-state index contributed by atoms with van der Waals surface area (Å²) in [4.78, 5) is 0. The van der Waals surface area contributed by atoms with Gasteiger partial charge in [0.25, 0.3) is 0 Å². The molecule has 2 aromatic rings. The van der Waals surface area contributed by atoms with E-state index >= 15 is 0 Å². The molecule has 0 aliphatic heterocycles. The van der Waals surface area contributed by atoms with Crippen LogP contribution >= 0.6 is 0 Å². The minimum Gasteiger partial charge on any atom is -0.303 e. The zero-order valence-corrected chi connectivity index (χ0v) is 13.1. The van der Waals surface area contributed by atoms with E-state index in [1.54, 1.807) is 0 Å². The van der Waals surface area contributed by atoms with Crippen LogP contribution in [0, 0.1) is 5.92 Å². The lowest BCUT2D eigenvalue weighted by Crippen LogP contribution is -2.21. The summed E-state index contributed by atoms with van der Waals surface area (Å²) in [5.41, 5.74) is 2.84. The zero-order chi connectivity index (χ0) is 14.9. The second-order valence-corrected chi connectivity index (χ2v) is 6.77. The number of benzene rings is 1. The number of hydrogen-bond donors (Lipinski definition) is 1. The number of nitrogens with one attached hydrogen (secondary N) is 1. The maximum Gasteiger partial charge on any atom is 0.165 e. The third kappa shape index (κ3) is 3.19. The molecule has 0 bridgehead atoms. The summed E-state index contributed by atoms with van der Waals surface area (Å²) in [6, 6.07) is 9.30. The van der Waals surface area contributed by atoms with Gasteiger partial charge >= 0.3 is 0 Å². The van der Waals surface area contributed by atoms with E-state index in [1.807, 2.05) is 4.68 Å². The minimum absolute atomic E-state index is 0.310. The average Bonchev–Trinajstić information content (AvgIpc) is 3.44. The van der Waals surface area contributed by atoms with Crippen LogP contribution in [0.3, 0.4) is 0 Å². The molecule has 0 radical (unpaired) electrons. The molecular formula is C17H23N5. The van der Waals surface area contributed by atoms with Crippen molar-refractivity contribution in [1.29, 1.82) is 0 Å². The van der Waals surface area contributed by atoms with E-state index in [-0.39, 0.29) is 0 Å². The van der Waals surface area contributed by atoms with Crippen LogP contribution in [-0.2, 0) is 13.1 Å². The van der Waals surface area contributed by atoms with Crippen molar-refractivity contribution in [2.24, 2.45) is 5.92 Å². The van der Waals surface area contributed by atoms with Crippen molar-refractivity contribution in [3.63, 3.8) is 0 Å². The van der Waals surface area contributed by atoms with Crippen molar-refractivity contribution in [2.75, 3.05) is 0 Å². The van der Waals surface area contributed by atoms with Crippen LogP contribution in [0.25, 0.3) is 0 Å². The van der Waals surface area contributed by atoms with Gasteiger partial charge in [-0.3, -0.25) is 0 Å². The minimum atomic E-state index is 0.310. The smallest absolute Gasteiger partial charge is 0.165 e. The molecule has 2 fully saturated rings. The summed E-state index contributed by atoms with van der Waals surface area (Å²) < 4.78 is 1.96. The van der Waals surface area contributed by atoms with Gasteiger partial charge in [-0.25, -0.2) is 4.68 Å². The van der Waals surface area contributed by atoms with Gasteiger partial charge in [0.05, 0.1) is 6.54 Å². The monoisotopic (exact) mass is 297 g/mol. The lowest BCUT2D eigenvalue weighted by molar-refractivity contribution is 0.490. The van der Waals surface area contributed by atoms with Crippen molar-refractivity contribution >= 4 is 0 Å². The first kappa shape index (κ1) is 13.9. The Kier molecular flexibility index (Phi) is 3.66. The molecule has 1 aromatic heterocycles. The number of tetrazole rings is 1. The highest BCUT2D eigenvalue weighted by Crippen LogP contribution is 2.40. The number of aromatic nitrogens is 4. The quantitative estimate of drug-likeness (QED) is 0.854. The maximum absolute atomic E-state index is 4.16. The molecule has 2 saturated carbocycles. The molecule has 22 heavy (non-hydrogen) atoms. The lowest BCUT2D eigenvalue weighted by atomic mass is 10.0. The van der Waals surface area contributed by atoms with Gasteiger partial charge in [0.1, 0.15) is 0 Å². The van der Waals surface area contributed by atoms with Crippen molar-refractivity contribution in [2.45, 2.75) is 57.7 Å². The fourth-order valence-electron chi connectivity index (χ4n) is 2.90. The van der Waals surface area contributed by atoms with Gasteiger partial charge in [-0.15, -0.1) is 5.10 Å². The SMILES string of the molecule is CC(NCc1nnnn1CC1CC1)c1cccc(C2CC2)c1. The molecule has 0 amide bonds. The first-order valence-corrected chi connectivity index (χ1v) is 8.38. The molecule has 0 saturated heterocycles. The van der Waals surface area contributed by atoms with Crippen LogP contribution < -0.4 is 5.32 Å². The van der Waals surface area contributed by atoms with E-state index < -0.39 is 0 Å². The van der Waals surface area contributed by atoms with Crippen LogP contribution in [0.1, 0.15) is 61.5 Å². The van der Waals surface area contributed by atoms with Crippen molar-refractivity contribution in [3.8, 4) is 0 Å². The Morgan fingerprint density at radius 3 is 2.91 bits per heavy atom. The molecule has 0 spiro atoms. The van der Waals surface area contributed by atoms with Gasteiger partial charge in [-0.1, -0.05) is 24.3 Å². The first-order valence-electron chi connectivity index (χ1n) is 8.38. The molecule has 4 rings (SSSR count). The van der Waals surface area contributed by atoms with Crippen molar-refractivity contribution < 1.29 is 0 Å². The summed E-state index contributed by atoms with van der Waals surface area (Å²) in [6.07, 6.45) is 5.33. The summed E-state index contributed by atoms with van der Waals surface area (Å²) >= 11 is 0. The molecule has 1 atom stereocenters. The molecule has 5 nitrogen and oxygen atoms in total. The fourth-order valence-corrected chi connectivity index (χ4v) is 2.90. The van der Waals surface area contributed by atoms with Crippen LogP contribution in [0.5, 0.6) is 0 Å². The summed E-state index contributed by atoms with van der Waals surface area (Å²) in [5.74, 6) is 2.53. The van der Waals surface area contributed by atoms with Crippen LogP contribution in [0.4, 0.5) is 0 Å². The standard InChI is InChI=1S/C17H23N5/c1-12(15-3-2-4-16(9-15)14-7-8-14)18-10-17-19-20-21-22(17)11-13-5-6-13/h2-4,9,12-14,18H,5-8,10-11H2,1H3. The molecule has 2 aliphatic rings. The third-order valence-corrected chi connectivity index (χ3v) is 4.76. The summed E-state index contributed by atoms with van der Waals surface area (Å²) in [7, 11) is 0. The van der Waals surface area contributed by atoms with Gasteiger partial charge in [-0.05, 0) is 66.0 Å². The normalized spacial score (nSPS) is 19.3.